The van der Waals surface area contributed by atoms with Crippen LogP contribution in [-0.4, -0.2) is 0 Å². The Kier molecular flexibility index (Phi) is 3.26. The number of rotatable bonds is 2. The van der Waals surface area contributed by atoms with Gasteiger partial charge in [-0.05, 0) is 43.7 Å². The monoisotopic (exact) mass is 287 g/mol. The van der Waals surface area contributed by atoms with Gasteiger partial charge in [0.25, 0.3) is 0 Å². The summed E-state index contributed by atoms with van der Waals surface area (Å²) in [7, 11) is 0. The van der Waals surface area contributed by atoms with Crippen LogP contribution >= 0.6 is 0 Å². The highest BCUT2D eigenvalue weighted by Gasteiger charge is 2.19. The third-order valence-corrected chi connectivity index (χ3v) is 3.61. The van der Waals surface area contributed by atoms with E-state index in [1.54, 1.807) is 13.0 Å². The topological polar surface area (TPSA) is 39.2 Å². The molecule has 108 valence electrons. The van der Waals surface area contributed by atoms with Gasteiger partial charge in [-0.25, -0.2) is 8.78 Å². The zero-order valence-electron chi connectivity index (χ0n) is 11.8. The molecule has 0 bridgehead atoms. The van der Waals surface area contributed by atoms with Gasteiger partial charge in [-0.2, -0.15) is 0 Å². The summed E-state index contributed by atoms with van der Waals surface area (Å²) in [6.45, 7) is 3.56. The predicted molar refractivity (Wildman–Crippen MR) is 78.1 cm³/mol. The van der Waals surface area contributed by atoms with Crippen molar-refractivity contribution in [1.29, 1.82) is 0 Å². The van der Waals surface area contributed by atoms with Crippen LogP contribution in [0.5, 0.6) is 0 Å². The number of hydrogen-bond acceptors (Lipinski definition) is 2. The number of halogens is 2. The molecule has 1 atom stereocenters. The van der Waals surface area contributed by atoms with Gasteiger partial charge in [-0.3, -0.25) is 0 Å². The third kappa shape index (κ3) is 2.43. The predicted octanol–water partition coefficient (Wildman–Crippen LogP) is 4.38. The van der Waals surface area contributed by atoms with Gasteiger partial charge in [0.1, 0.15) is 23.0 Å². The number of nitrogens with two attached hydrogens (primary N) is 1. The molecule has 0 radical (unpaired) electrons. The van der Waals surface area contributed by atoms with Gasteiger partial charge in [0, 0.05) is 17.0 Å². The number of furan rings is 1. The van der Waals surface area contributed by atoms with E-state index in [1.807, 2.05) is 25.1 Å². The van der Waals surface area contributed by atoms with E-state index in [2.05, 4.69) is 0 Å². The summed E-state index contributed by atoms with van der Waals surface area (Å²) in [5.41, 5.74) is 8.47. The standard InChI is InChI=1S/C17H15F2NO/c1-9-3-4-15-11(5-9)7-16(21-15)17(20)12-6-10(2)13(18)8-14(12)19/h3-8,17H,20H2,1-2H3. The summed E-state index contributed by atoms with van der Waals surface area (Å²) in [5.74, 6) is -0.786. The first-order valence-electron chi connectivity index (χ1n) is 6.67. The van der Waals surface area contributed by atoms with E-state index in [1.165, 1.54) is 6.07 Å². The average molecular weight is 287 g/mol. The van der Waals surface area contributed by atoms with Crippen molar-refractivity contribution in [3.8, 4) is 0 Å². The molecule has 0 fully saturated rings. The van der Waals surface area contributed by atoms with Gasteiger partial charge in [-0.1, -0.05) is 11.6 Å². The number of aryl methyl sites for hydroxylation is 2. The molecule has 0 aliphatic rings. The minimum atomic E-state index is -0.767. The van der Waals surface area contributed by atoms with E-state index in [9.17, 15) is 8.78 Å². The first-order valence-corrected chi connectivity index (χ1v) is 6.67. The number of hydrogen-bond donors (Lipinski definition) is 1. The summed E-state index contributed by atoms with van der Waals surface area (Å²) in [4.78, 5) is 0. The van der Waals surface area contributed by atoms with Crippen LogP contribution in [0.3, 0.4) is 0 Å². The lowest BCUT2D eigenvalue weighted by Gasteiger charge is -2.11. The van der Waals surface area contributed by atoms with Gasteiger partial charge < -0.3 is 10.2 Å². The van der Waals surface area contributed by atoms with Gasteiger partial charge in [-0.15, -0.1) is 0 Å². The highest BCUT2D eigenvalue weighted by atomic mass is 19.1. The summed E-state index contributed by atoms with van der Waals surface area (Å²) < 4.78 is 32.9. The Bertz CT molecular complexity index is 823. The van der Waals surface area contributed by atoms with E-state index in [0.29, 0.717) is 16.9 Å². The Morgan fingerprint density at radius 2 is 1.76 bits per heavy atom. The van der Waals surface area contributed by atoms with E-state index >= 15 is 0 Å². The van der Waals surface area contributed by atoms with Crippen LogP contribution < -0.4 is 5.73 Å². The van der Waals surface area contributed by atoms with Crippen molar-refractivity contribution in [2.24, 2.45) is 5.73 Å². The van der Waals surface area contributed by atoms with Gasteiger partial charge in [0.05, 0.1) is 6.04 Å². The van der Waals surface area contributed by atoms with Crippen LogP contribution in [0.4, 0.5) is 8.78 Å². The molecule has 0 aliphatic carbocycles. The maximum absolute atomic E-state index is 13.9. The van der Waals surface area contributed by atoms with Crippen LogP contribution in [0.15, 0.2) is 40.8 Å². The van der Waals surface area contributed by atoms with E-state index in [-0.39, 0.29) is 5.56 Å². The molecule has 21 heavy (non-hydrogen) atoms. The Balaban J connectivity index is 2.07. The molecule has 2 N–H and O–H groups in total. The van der Waals surface area contributed by atoms with Crippen LogP contribution in [0, 0.1) is 25.5 Å². The van der Waals surface area contributed by atoms with Crippen molar-refractivity contribution in [2.45, 2.75) is 19.9 Å². The second kappa shape index (κ2) is 4.97. The molecule has 1 heterocycles. The molecule has 2 aromatic carbocycles. The van der Waals surface area contributed by atoms with Crippen LogP contribution in [0.1, 0.15) is 28.5 Å². The quantitative estimate of drug-likeness (QED) is 0.760. The normalized spacial score (nSPS) is 12.8. The summed E-state index contributed by atoms with van der Waals surface area (Å²) in [6.07, 6.45) is 0. The summed E-state index contributed by atoms with van der Waals surface area (Å²) in [5, 5.41) is 0.916. The lowest BCUT2D eigenvalue weighted by molar-refractivity contribution is 0.505. The average Bonchev–Trinajstić information content (AvgIpc) is 2.85. The van der Waals surface area contributed by atoms with Crippen LogP contribution in [0.2, 0.25) is 0 Å². The molecule has 0 saturated heterocycles. The number of benzene rings is 2. The summed E-state index contributed by atoms with van der Waals surface area (Å²) in [6, 6.07) is 9.08. The Morgan fingerprint density at radius 1 is 1.00 bits per heavy atom. The lowest BCUT2D eigenvalue weighted by atomic mass is 10.0. The van der Waals surface area contributed by atoms with Crippen LogP contribution in [0.25, 0.3) is 11.0 Å². The maximum atomic E-state index is 13.9. The molecule has 0 amide bonds. The Hall–Kier alpha value is -2.20. The largest absolute Gasteiger partial charge is 0.459 e. The van der Waals surface area contributed by atoms with Crippen molar-refractivity contribution in [2.75, 3.05) is 0 Å². The lowest BCUT2D eigenvalue weighted by Crippen LogP contribution is -2.13. The van der Waals surface area contributed by atoms with Gasteiger partial charge in [0.2, 0.25) is 0 Å². The van der Waals surface area contributed by atoms with Crippen molar-refractivity contribution < 1.29 is 13.2 Å². The fraction of sp³-hybridized carbons (Fsp3) is 0.176. The fourth-order valence-corrected chi connectivity index (χ4v) is 2.41. The van der Waals surface area contributed by atoms with Crippen molar-refractivity contribution >= 4 is 11.0 Å². The highest BCUT2D eigenvalue weighted by molar-refractivity contribution is 5.78. The van der Waals surface area contributed by atoms with Crippen molar-refractivity contribution in [3.63, 3.8) is 0 Å². The molecule has 1 aromatic heterocycles. The smallest absolute Gasteiger partial charge is 0.134 e. The molecular weight excluding hydrogens is 272 g/mol. The molecule has 3 aromatic rings. The number of fused-ring (bicyclic) bond motifs is 1. The highest BCUT2D eigenvalue weighted by Crippen LogP contribution is 2.29. The molecule has 1 unspecified atom stereocenters. The molecule has 0 saturated carbocycles. The SMILES string of the molecule is Cc1ccc2oc(C(N)c3cc(C)c(F)cc3F)cc2c1. The fourth-order valence-electron chi connectivity index (χ4n) is 2.41. The zero-order chi connectivity index (χ0) is 15.1. The van der Waals surface area contributed by atoms with Crippen LogP contribution in [-0.2, 0) is 0 Å². The first kappa shape index (κ1) is 13.8. The summed E-state index contributed by atoms with van der Waals surface area (Å²) >= 11 is 0. The third-order valence-electron chi connectivity index (χ3n) is 3.61. The van der Waals surface area contributed by atoms with E-state index in [0.717, 1.165) is 17.0 Å². The minimum absolute atomic E-state index is 0.227. The van der Waals surface area contributed by atoms with E-state index in [4.69, 9.17) is 10.2 Å². The second-order valence-corrected chi connectivity index (χ2v) is 5.29. The molecule has 0 spiro atoms. The van der Waals surface area contributed by atoms with Crippen molar-refractivity contribution in [1.82, 2.24) is 0 Å². The second-order valence-electron chi connectivity index (χ2n) is 5.29. The van der Waals surface area contributed by atoms with Gasteiger partial charge in [0.15, 0.2) is 0 Å². The van der Waals surface area contributed by atoms with Crippen molar-refractivity contribution in [3.05, 3.63) is 70.5 Å². The van der Waals surface area contributed by atoms with E-state index < -0.39 is 17.7 Å². The molecule has 3 rings (SSSR count). The molecule has 0 aliphatic heterocycles. The zero-order valence-corrected chi connectivity index (χ0v) is 11.8. The molecule has 4 heteroatoms. The maximum Gasteiger partial charge on any atom is 0.134 e. The first-order chi connectivity index (χ1) is 9.95. The minimum Gasteiger partial charge on any atom is -0.459 e. The molecule has 2 nitrogen and oxygen atoms in total. The van der Waals surface area contributed by atoms with Gasteiger partial charge >= 0.3 is 0 Å². The Morgan fingerprint density at radius 3 is 2.52 bits per heavy atom. The molecular formula is C17H15F2NO. The Labute approximate surface area is 121 Å².